The van der Waals surface area contributed by atoms with Gasteiger partial charge < -0.3 is 10.2 Å². The monoisotopic (exact) mass is 540 g/mol. The van der Waals surface area contributed by atoms with Crippen molar-refractivity contribution in [3.8, 4) is 0 Å². The molecule has 0 aromatic heterocycles. The van der Waals surface area contributed by atoms with Crippen molar-refractivity contribution in [2.24, 2.45) is 0 Å². The highest BCUT2D eigenvalue weighted by atomic mass is 35.5. The van der Waals surface area contributed by atoms with E-state index in [2.05, 4.69) is 5.32 Å². The molecule has 37 heavy (non-hydrogen) atoms. The topological polar surface area (TPSA) is 49.4 Å². The van der Waals surface area contributed by atoms with Gasteiger partial charge in [0.1, 0.15) is 11.9 Å². The summed E-state index contributed by atoms with van der Waals surface area (Å²) in [4.78, 5) is 29.1. The zero-order valence-electron chi connectivity index (χ0n) is 20.6. The summed E-state index contributed by atoms with van der Waals surface area (Å²) in [5, 5.41) is 3.93. The van der Waals surface area contributed by atoms with E-state index in [0.717, 1.165) is 37.7 Å². The molecular formula is C30H31Cl2FN2O2. The zero-order chi connectivity index (χ0) is 26.2. The van der Waals surface area contributed by atoms with Crippen LogP contribution in [0.5, 0.6) is 0 Å². The van der Waals surface area contributed by atoms with Crippen molar-refractivity contribution >= 4 is 35.0 Å². The Morgan fingerprint density at radius 3 is 2.22 bits per heavy atom. The van der Waals surface area contributed by atoms with Crippen LogP contribution in [0.1, 0.15) is 48.8 Å². The van der Waals surface area contributed by atoms with Gasteiger partial charge in [0, 0.05) is 34.6 Å². The summed E-state index contributed by atoms with van der Waals surface area (Å²) in [6.45, 7) is -0.0524. The van der Waals surface area contributed by atoms with Gasteiger partial charge in [0.15, 0.2) is 0 Å². The fraction of sp³-hybridized carbons (Fsp3) is 0.333. The van der Waals surface area contributed by atoms with Gasteiger partial charge in [-0.3, -0.25) is 9.59 Å². The summed E-state index contributed by atoms with van der Waals surface area (Å²) < 4.78 is 14.8. The number of hydrogen-bond acceptors (Lipinski definition) is 2. The Labute approximate surface area is 227 Å². The number of nitrogens with zero attached hydrogens (tertiary/aromatic N) is 1. The van der Waals surface area contributed by atoms with Crippen LogP contribution in [0.25, 0.3) is 0 Å². The Morgan fingerprint density at radius 1 is 0.892 bits per heavy atom. The molecule has 1 N–H and O–H groups in total. The highest BCUT2D eigenvalue weighted by Gasteiger charge is 2.33. The maximum atomic E-state index is 14.8. The van der Waals surface area contributed by atoms with E-state index < -0.39 is 11.9 Å². The molecule has 0 unspecified atom stereocenters. The number of carbonyl (C=O) groups is 2. The Hall–Kier alpha value is -2.89. The zero-order valence-corrected chi connectivity index (χ0v) is 22.1. The van der Waals surface area contributed by atoms with Crippen LogP contribution in [0.15, 0.2) is 72.8 Å². The molecule has 3 aromatic rings. The van der Waals surface area contributed by atoms with Gasteiger partial charge in [-0.05, 0) is 42.2 Å². The Kier molecular flexibility index (Phi) is 9.59. The van der Waals surface area contributed by atoms with Crippen LogP contribution in [-0.2, 0) is 29.0 Å². The van der Waals surface area contributed by atoms with E-state index in [1.165, 1.54) is 11.0 Å². The summed E-state index contributed by atoms with van der Waals surface area (Å²) >= 11 is 12.7. The third kappa shape index (κ3) is 7.33. The lowest BCUT2D eigenvalue weighted by molar-refractivity contribution is -0.141. The number of carbonyl (C=O) groups excluding carboxylic acids is 2. The van der Waals surface area contributed by atoms with Gasteiger partial charge >= 0.3 is 0 Å². The molecule has 4 nitrogen and oxygen atoms in total. The van der Waals surface area contributed by atoms with E-state index in [0.29, 0.717) is 27.6 Å². The first kappa shape index (κ1) is 27.2. The van der Waals surface area contributed by atoms with Crippen molar-refractivity contribution < 1.29 is 14.0 Å². The molecule has 4 rings (SSSR count). The fourth-order valence-electron chi connectivity index (χ4n) is 4.86. The highest BCUT2D eigenvalue weighted by Crippen LogP contribution is 2.27. The van der Waals surface area contributed by atoms with Gasteiger partial charge in [-0.2, -0.15) is 0 Å². The van der Waals surface area contributed by atoms with Gasteiger partial charge in [0.05, 0.1) is 6.42 Å². The Morgan fingerprint density at radius 2 is 1.54 bits per heavy atom. The molecule has 0 aliphatic heterocycles. The van der Waals surface area contributed by atoms with Crippen molar-refractivity contribution in [1.29, 1.82) is 0 Å². The van der Waals surface area contributed by atoms with Crippen molar-refractivity contribution in [1.82, 2.24) is 10.2 Å². The van der Waals surface area contributed by atoms with E-state index in [-0.39, 0.29) is 30.8 Å². The Bertz CT molecular complexity index is 1190. The van der Waals surface area contributed by atoms with Crippen molar-refractivity contribution in [3.05, 3.63) is 105 Å². The van der Waals surface area contributed by atoms with Gasteiger partial charge in [0.25, 0.3) is 0 Å². The average Bonchev–Trinajstić information content (AvgIpc) is 2.90. The standard InChI is InChI=1S/C30H31Cl2FN2O2/c31-25-15-9-16-26(32)24(25)19-29(36)35(20-22-12-7-8-17-27(22)33)28(18-21-10-3-1-4-11-21)30(37)34-23-13-5-2-6-14-23/h1,3-4,7-12,15-17,23,28H,2,5-6,13-14,18-20H2,(H,34,37)/t28-/m0/s1. The summed E-state index contributed by atoms with van der Waals surface area (Å²) in [6.07, 6.45) is 5.33. The molecular weight excluding hydrogens is 510 g/mol. The molecule has 1 saturated carbocycles. The molecule has 0 heterocycles. The molecule has 0 bridgehead atoms. The molecule has 194 valence electrons. The lowest BCUT2D eigenvalue weighted by atomic mass is 9.94. The number of amides is 2. The van der Waals surface area contributed by atoms with Crippen molar-refractivity contribution in [2.45, 2.75) is 63.6 Å². The maximum absolute atomic E-state index is 14.8. The molecule has 7 heteroatoms. The van der Waals surface area contributed by atoms with Gasteiger partial charge in [0.2, 0.25) is 11.8 Å². The predicted octanol–water partition coefficient (Wildman–Crippen LogP) is 6.76. The SMILES string of the molecule is O=C(NC1CCCCC1)[C@H](Cc1ccccc1)N(Cc1ccccc1F)C(=O)Cc1c(Cl)cccc1Cl. The second kappa shape index (κ2) is 13.1. The number of benzene rings is 3. The first-order valence-electron chi connectivity index (χ1n) is 12.7. The normalized spacial score (nSPS) is 14.7. The third-order valence-corrected chi connectivity index (χ3v) is 7.62. The summed E-state index contributed by atoms with van der Waals surface area (Å²) in [5.41, 5.74) is 1.73. The molecule has 1 atom stereocenters. The Balaban J connectivity index is 1.69. The fourth-order valence-corrected chi connectivity index (χ4v) is 5.39. The van der Waals surface area contributed by atoms with E-state index in [1.54, 1.807) is 36.4 Å². The van der Waals surface area contributed by atoms with Gasteiger partial charge in [-0.15, -0.1) is 0 Å². The van der Waals surface area contributed by atoms with Crippen LogP contribution >= 0.6 is 23.2 Å². The van der Waals surface area contributed by atoms with Crippen LogP contribution < -0.4 is 5.32 Å². The largest absolute Gasteiger partial charge is 0.352 e. The first-order valence-corrected chi connectivity index (χ1v) is 13.5. The van der Waals surface area contributed by atoms with Gasteiger partial charge in [-0.1, -0.05) is 97.1 Å². The van der Waals surface area contributed by atoms with Crippen LogP contribution in [0.2, 0.25) is 10.0 Å². The maximum Gasteiger partial charge on any atom is 0.243 e. The smallest absolute Gasteiger partial charge is 0.243 e. The molecule has 1 fully saturated rings. The summed E-state index contributed by atoms with van der Waals surface area (Å²) in [5.74, 6) is -1.01. The van der Waals surface area contributed by atoms with E-state index in [9.17, 15) is 14.0 Å². The number of hydrogen-bond donors (Lipinski definition) is 1. The van der Waals surface area contributed by atoms with E-state index in [1.807, 2.05) is 30.3 Å². The van der Waals surface area contributed by atoms with E-state index >= 15 is 0 Å². The van der Waals surface area contributed by atoms with Crippen LogP contribution in [0.4, 0.5) is 4.39 Å². The van der Waals surface area contributed by atoms with Gasteiger partial charge in [-0.25, -0.2) is 4.39 Å². The van der Waals surface area contributed by atoms with Crippen LogP contribution in [0.3, 0.4) is 0 Å². The molecule has 0 spiro atoms. The van der Waals surface area contributed by atoms with Crippen molar-refractivity contribution in [3.63, 3.8) is 0 Å². The number of nitrogens with one attached hydrogen (secondary N) is 1. The average molecular weight is 541 g/mol. The lowest BCUT2D eigenvalue weighted by Crippen LogP contribution is -2.53. The second-order valence-corrected chi connectivity index (χ2v) is 10.4. The lowest BCUT2D eigenvalue weighted by Gasteiger charge is -2.33. The predicted molar refractivity (Wildman–Crippen MR) is 146 cm³/mol. The minimum atomic E-state index is -0.835. The first-order chi connectivity index (χ1) is 17.9. The number of halogens is 3. The summed E-state index contributed by atoms with van der Waals surface area (Å²) in [7, 11) is 0. The third-order valence-electron chi connectivity index (χ3n) is 6.91. The van der Waals surface area contributed by atoms with E-state index in [4.69, 9.17) is 23.2 Å². The molecule has 1 aliphatic rings. The molecule has 1 aliphatic carbocycles. The van der Waals surface area contributed by atoms with Crippen LogP contribution in [0, 0.1) is 5.82 Å². The second-order valence-electron chi connectivity index (χ2n) is 9.54. The molecule has 2 amide bonds. The molecule has 3 aromatic carbocycles. The van der Waals surface area contributed by atoms with Crippen molar-refractivity contribution in [2.75, 3.05) is 0 Å². The quantitative estimate of drug-likeness (QED) is 0.325. The molecule has 0 radical (unpaired) electrons. The molecule has 0 saturated heterocycles. The number of rotatable bonds is 9. The summed E-state index contributed by atoms with van der Waals surface area (Å²) in [6, 6.07) is 20.2. The minimum Gasteiger partial charge on any atom is -0.352 e. The van der Waals surface area contributed by atoms with Crippen LogP contribution in [-0.4, -0.2) is 28.8 Å². The minimum absolute atomic E-state index is 0.0524. The highest BCUT2D eigenvalue weighted by molar-refractivity contribution is 6.36.